The van der Waals surface area contributed by atoms with Gasteiger partial charge in [0, 0.05) is 5.92 Å². The summed E-state index contributed by atoms with van der Waals surface area (Å²) < 4.78 is 1.76. The molecule has 1 aliphatic carbocycles. The molecule has 2 N–H and O–H groups in total. The largest absolute Gasteiger partial charge is 0.383 e. The number of nitriles is 1. The van der Waals surface area contributed by atoms with E-state index in [2.05, 4.69) is 11.2 Å². The normalized spacial score (nSPS) is 16.4. The number of nitrogens with two attached hydrogens (primary N) is 1. The lowest BCUT2D eigenvalue weighted by molar-refractivity contribution is 0.359. The van der Waals surface area contributed by atoms with Crippen LogP contribution in [0.4, 0.5) is 5.82 Å². The first kappa shape index (κ1) is 10.0. The van der Waals surface area contributed by atoms with E-state index < -0.39 is 0 Å². The Balaban J connectivity index is 2.55. The minimum absolute atomic E-state index is 0.164. The van der Waals surface area contributed by atoms with Crippen LogP contribution in [0.5, 0.6) is 0 Å². The van der Waals surface area contributed by atoms with Crippen molar-refractivity contribution in [2.45, 2.75) is 45.1 Å². The van der Waals surface area contributed by atoms with Gasteiger partial charge in [-0.05, 0) is 33.6 Å². The van der Waals surface area contributed by atoms with E-state index in [1.165, 1.54) is 0 Å². The fourth-order valence-corrected chi connectivity index (χ4v) is 1.72. The van der Waals surface area contributed by atoms with Crippen molar-refractivity contribution in [3.05, 3.63) is 11.3 Å². The average molecular weight is 204 g/mol. The van der Waals surface area contributed by atoms with E-state index in [-0.39, 0.29) is 5.54 Å². The van der Waals surface area contributed by atoms with E-state index in [4.69, 9.17) is 11.0 Å². The van der Waals surface area contributed by atoms with Crippen molar-refractivity contribution in [3.8, 4) is 6.07 Å². The summed E-state index contributed by atoms with van der Waals surface area (Å²) in [6.45, 7) is 6.11. The highest BCUT2D eigenvalue weighted by Crippen LogP contribution is 2.42. The third-order valence-electron chi connectivity index (χ3n) is 2.66. The van der Waals surface area contributed by atoms with Crippen molar-refractivity contribution in [2.75, 3.05) is 5.73 Å². The summed E-state index contributed by atoms with van der Waals surface area (Å²) in [5, 5.41) is 13.6. The molecule has 80 valence electrons. The van der Waals surface area contributed by atoms with E-state index in [0.717, 1.165) is 18.5 Å². The zero-order valence-corrected chi connectivity index (χ0v) is 9.41. The molecule has 1 heterocycles. The van der Waals surface area contributed by atoms with Crippen LogP contribution in [0.15, 0.2) is 0 Å². The second kappa shape index (κ2) is 2.99. The fraction of sp³-hybridized carbons (Fsp3) is 0.636. The third-order valence-corrected chi connectivity index (χ3v) is 2.66. The molecule has 0 atom stereocenters. The second-order valence-electron chi connectivity index (χ2n) is 5.11. The average Bonchev–Trinajstić information content (AvgIpc) is 2.88. The zero-order chi connectivity index (χ0) is 11.2. The summed E-state index contributed by atoms with van der Waals surface area (Å²) in [5.74, 6) is 0.970. The molecule has 1 aliphatic rings. The minimum Gasteiger partial charge on any atom is -0.383 e. The van der Waals surface area contributed by atoms with Crippen LogP contribution in [0.3, 0.4) is 0 Å². The maximum atomic E-state index is 9.07. The van der Waals surface area contributed by atoms with Crippen LogP contribution in [0, 0.1) is 11.3 Å². The Morgan fingerprint density at radius 2 is 2.07 bits per heavy atom. The van der Waals surface area contributed by atoms with Gasteiger partial charge in [-0.2, -0.15) is 10.4 Å². The molecule has 1 aromatic heterocycles. The van der Waals surface area contributed by atoms with Gasteiger partial charge in [-0.15, -0.1) is 0 Å². The standard InChI is InChI=1S/C11H16N4/c1-11(2,3)15-10(13)8(6-12)9(14-15)7-4-5-7/h7H,4-5,13H2,1-3H3. The van der Waals surface area contributed by atoms with Gasteiger partial charge < -0.3 is 5.73 Å². The van der Waals surface area contributed by atoms with Gasteiger partial charge in [-0.1, -0.05) is 0 Å². The second-order valence-corrected chi connectivity index (χ2v) is 5.11. The molecule has 4 nitrogen and oxygen atoms in total. The smallest absolute Gasteiger partial charge is 0.140 e. The monoisotopic (exact) mass is 204 g/mol. The molecule has 0 saturated heterocycles. The summed E-state index contributed by atoms with van der Waals surface area (Å²) in [7, 11) is 0. The number of rotatable bonds is 1. The summed E-state index contributed by atoms with van der Waals surface area (Å²) >= 11 is 0. The van der Waals surface area contributed by atoms with Crippen molar-refractivity contribution in [2.24, 2.45) is 0 Å². The van der Waals surface area contributed by atoms with Gasteiger partial charge in [-0.25, -0.2) is 4.68 Å². The summed E-state index contributed by atoms with van der Waals surface area (Å²) in [5.41, 5.74) is 7.25. The highest BCUT2D eigenvalue weighted by atomic mass is 15.4. The summed E-state index contributed by atoms with van der Waals surface area (Å²) in [6, 6.07) is 2.17. The van der Waals surface area contributed by atoms with E-state index >= 15 is 0 Å². The first-order chi connectivity index (χ1) is 6.95. The predicted molar refractivity (Wildman–Crippen MR) is 58.3 cm³/mol. The molecular formula is C11H16N4. The van der Waals surface area contributed by atoms with Crippen LogP contribution in [0.1, 0.15) is 50.8 Å². The number of nitrogens with zero attached hydrogens (tertiary/aromatic N) is 3. The Kier molecular flexibility index (Phi) is 2.00. The van der Waals surface area contributed by atoms with E-state index in [1.54, 1.807) is 4.68 Å². The van der Waals surface area contributed by atoms with Crippen molar-refractivity contribution >= 4 is 5.82 Å². The Morgan fingerprint density at radius 3 is 2.47 bits per heavy atom. The van der Waals surface area contributed by atoms with E-state index in [1.807, 2.05) is 20.8 Å². The molecular weight excluding hydrogens is 188 g/mol. The van der Waals surface area contributed by atoms with Crippen LogP contribution >= 0.6 is 0 Å². The molecule has 0 aromatic carbocycles. The quantitative estimate of drug-likeness (QED) is 0.760. The van der Waals surface area contributed by atoms with E-state index in [9.17, 15) is 0 Å². The van der Waals surface area contributed by atoms with Crippen LogP contribution in [0.2, 0.25) is 0 Å². The number of nitrogen functional groups attached to an aromatic ring is 1. The SMILES string of the molecule is CC(C)(C)n1nc(C2CC2)c(C#N)c1N. The zero-order valence-electron chi connectivity index (χ0n) is 9.41. The lowest BCUT2D eigenvalue weighted by atomic mass is 10.1. The Labute approximate surface area is 89.7 Å². The molecule has 0 amide bonds. The van der Waals surface area contributed by atoms with Crippen LogP contribution in [0.25, 0.3) is 0 Å². The molecule has 2 rings (SSSR count). The highest BCUT2D eigenvalue weighted by molar-refractivity contribution is 5.54. The predicted octanol–water partition coefficient (Wildman–Crippen LogP) is 1.97. The Hall–Kier alpha value is -1.50. The van der Waals surface area contributed by atoms with Crippen molar-refractivity contribution < 1.29 is 0 Å². The molecule has 0 aliphatic heterocycles. The molecule has 15 heavy (non-hydrogen) atoms. The molecule has 1 aromatic rings. The van der Waals surface area contributed by atoms with Gasteiger partial charge in [0.1, 0.15) is 17.5 Å². The van der Waals surface area contributed by atoms with Crippen LogP contribution in [-0.4, -0.2) is 9.78 Å². The van der Waals surface area contributed by atoms with Gasteiger partial charge in [0.2, 0.25) is 0 Å². The van der Waals surface area contributed by atoms with Crippen molar-refractivity contribution in [1.29, 1.82) is 5.26 Å². The van der Waals surface area contributed by atoms with Crippen LogP contribution in [-0.2, 0) is 5.54 Å². The fourth-order valence-electron chi connectivity index (χ4n) is 1.72. The molecule has 0 spiro atoms. The molecule has 4 heteroatoms. The topological polar surface area (TPSA) is 67.6 Å². The van der Waals surface area contributed by atoms with Gasteiger partial charge in [0.05, 0.1) is 11.2 Å². The summed E-state index contributed by atoms with van der Waals surface area (Å²) in [4.78, 5) is 0. The molecule has 1 fully saturated rings. The van der Waals surface area contributed by atoms with Gasteiger partial charge in [0.15, 0.2) is 0 Å². The molecule has 1 saturated carbocycles. The highest BCUT2D eigenvalue weighted by Gasteiger charge is 2.33. The number of aromatic nitrogens is 2. The molecule has 0 radical (unpaired) electrons. The molecule has 0 bridgehead atoms. The lowest BCUT2D eigenvalue weighted by Gasteiger charge is -2.20. The Morgan fingerprint density at radius 1 is 1.47 bits per heavy atom. The number of hydrogen-bond donors (Lipinski definition) is 1. The summed E-state index contributed by atoms with van der Waals surface area (Å²) in [6.07, 6.45) is 2.27. The third kappa shape index (κ3) is 1.58. The number of hydrogen-bond acceptors (Lipinski definition) is 3. The van der Waals surface area contributed by atoms with Gasteiger partial charge >= 0.3 is 0 Å². The Bertz CT molecular complexity index is 427. The first-order valence-corrected chi connectivity index (χ1v) is 5.24. The molecule has 0 unspecified atom stereocenters. The van der Waals surface area contributed by atoms with Gasteiger partial charge in [-0.3, -0.25) is 0 Å². The van der Waals surface area contributed by atoms with Crippen molar-refractivity contribution in [3.63, 3.8) is 0 Å². The van der Waals surface area contributed by atoms with Gasteiger partial charge in [0.25, 0.3) is 0 Å². The maximum absolute atomic E-state index is 9.07. The van der Waals surface area contributed by atoms with E-state index in [0.29, 0.717) is 17.3 Å². The number of anilines is 1. The lowest BCUT2D eigenvalue weighted by Crippen LogP contribution is -2.24. The van der Waals surface area contributed by atoms with Crippen LogP contribution < -0.4 is 5.73 Å². The maximum Gasteiger partial charge on any atom is 0.140 e. The minimum atomic E-state index is -0.164. The van der Waals surface area contributed by atoms with Crippen molar-refractivity contribution in [1.82, 2.24) is 9.78 Å². The first-order valence-electron chi connectivity index (χ1n) is 5.24.